The molecular formula is C15H21N3OS. The molecule has 0 radical (unpaired) electrons. The zero-order chi connectivity index (χ0) is 14.5. The number of aromatic nitrogens is 1. The number of benzene rings is 1. The van der Waals surface area contributed by atoms with Gasteiger partial charge in [0.25, 0.3) is 0 Å². The highest BCUT2D eigenvalue weighted by molar-refractivity contribution is 7.18. The monoisotopic (exact) mass is 291 g/mol. The molecule has 108 valence electrons. The van der Waals surface area contributed by atoms with E-state index in [2.05, 4.69) is 42.3 Å². The van der Waals surface area contributed by atoms with E-state index in [1.54, 1.807) is 11.3 Å². The van der Waals surface area contributed by atoms with Gasteiger partial charge in [0.05, 0.1) is 15.2 Å². The number of carbonyl (C=O) groups excluding carboxylic acids is 1. The standard InChI is InChI=1S/C15H21N3OS/c1-10(2)11-3-4-12-13(9-11)20-15(18-12)6-5-14(19)17-8-7-16/h3-4,9-10H,5-8,16H2,1-2H3,(H,17,19). The van der Waals surface area contributed by atoms with Gasteiger partial charge >= 0.3 is 0 Å². The van der Waals surface area contributed by atoms with Gasteiger partial charge in [-0.2, -0.15) is 0 Å². The Morgan fingerprint density at radius 3 is 2.95 bits per heavy atom. The summed E-state index contributed by atoms with van der Waals surface area (Å²) in [4.78, 5) is 16.1. The first-order valence-electron chi connectivity index (χ1n) is 6.96. The molecule has 0 atom stereocenters. The molecule has 1 aromatic heterocycles. The molecule has 4 nitrogen and oxygen atoms in total. The van der Waals surface area contributed by atoms with Crippen LogP contribution in [0.25, 0.3) is 10.2 Å². The first-order valence-corrected chi connectivity index (χ1v) is 7.78. The van der Waals surface area contributed by atoms with Crippen molar-refractivity contribution in [1.82, 2.24) is 10.3 Å². The quantitative estimate of drug-likeness (QED) is 0.859. The fourth-order valence-electron chi connectivity index (χ4n) is 1.98. The van der Waals surface area contributed by atoms with E-state index in [1.807, 2.05) is 0 Å². The van der Waals surface area contributed by atoms with Gasteiger partial charge in [0, 0.05) is 25.9 Å². The summed E-state index contributed by atoms with van der Waals surface area (Å²) in [5, 5.41) is 3.79. The van der Waals surface area contributed by atoms with Crippen molar-refractivity contribution in [2.75, 3.05) is 13.1 Å². The number of amides is 1. The second-order valence-corrected chi connectivity index (χ2v) is 6.24. The topological polar surface area (TPSA) is 68.0 Å². The summed E-state index contributed by atoms with van der Waals surface area (Å²) in [6.07, 6.45) is 1.16. The molecular weight excluding hydrogens is 270 g/mol. The molecule has 0 fully saturated rings. The van der Waals surface area contributed by atoms with Crippen LogP contribution in [0.2, 0.25) is 0 Å². The van der Waals surface area contributed by atoms with E-state index in [9.17, 15) is 4.79 Å². The Morgan fingerprint density at radius 1 is 1.45 bits per heavy atom. The molecule has 0 bridgehead atoms. The van der Waals surface area contributed by atoms with Crippen LogP contribution in [0.1, 0.15) is 36.8 Å². The van der Waals surface area contributed by atoms with Crippen LogP contribution < -0.4 is 11.1 Å². The third-order valence-electron chi connectivity index (χ3n) is 3.16. The fourth-order valence-corrected chi connectivity index (χ4v) is 2.99. The molecule has 1 amide bonds. The SMILES string of the molecule is CC(C)c1ccc2nc(CCC(=O)NCCN)sc2c1. The Hall–Kier alpha value is -1.46. The van der Waals surface area contributed by atoms with Crippen LogP contribution in [0, 0.1) is 0 Å². The van der Waals surface area contributed by atoms with Crippen LogP contribution in [0.5, 0.6) is 0 Å². The molecule has 0 saturated heterocycles. The summed E-state index contributed by atoms with van der Waals surface area (Å²) in [6, 6.07) is 6.40. The third-order valence-corrected chi connectivity index (χ3v) is 4.23. The summed E-state index contributed by atoms with van der Waals surface area (Å²) in [7, 11) is 0. The van der Waals surface area contributed by atoms with Crippen LogP contribution in [-0.2, 0) is 11.2 Å². The number of nitrogens with two attached hydrogens (primary N) is 1. The summed E-state index contributed by atoms with van der Waals surface area (Å²) < 4.78 is 1.20. The van der Waals surface area contributed by atoms with Crippen molar-refractivity contribution in [3.63, 3.8) is 0 Å². The van der Waals surface area contributed by atoms with Crippen molar-refractivity contribution < 1.29 is 4.79 Å². The lowest BCUT2D eigenvalue weighted by Gasteiger charge is -2.03. The van der Waals surface area contributed by atoms with Crippen molar-refractivity contribution in [1.29, 1.82) is 0 Å². The van der Waals surface area contributed by atoms with Gasteiger partial charge in [-0.15, -0.1) is 11.3 Å². The van der Waals surface area contributed by atoms with Gasteiger partial charge in [0.15, 0.2) is 0 Å². The van der Waals surface area contributed by atoms with Crippen molar-refractivity contribution in [3.05, 3.63) is 28.8 Å². The highest BCUT2D eigenvalue weighted by atomic mass is 32.1. The Balaban J connectivity index is 2.02. The number of nitrogens with zero attached hydrogens (tertiary/aromatic N) is 1. The van der Waals surface area contributed by atoms with E-state index in [0.717, 1.165) is 10.5 Å². The molecule has 1 heterocycles. The lowest BCUT2D eigenvalue weighted by molar-refractivity contribution is -0.120. The number of thiazole rings is 1. The molecule has 3 N–H and O–H groups in total. The van der Waals surface area contributed by atoms with Gasteiger partial charge in [-0.3, -0.25) is 4.79 Å². The van der Waals surface area contributed by atoms with E-state index in [1.165, 1.54) is 10.3 Å². The predicted octanol–water partition coefficient (Wildman–Crippen LogP) is 2.43. The molecule has 2 aromatic rings. The van der Waals surface area contributed by atoms with E-state index < -0.39 is 0 Å². The number of fused-ring (bicyclic) bond motifs is 1. The van der Waals surface area contributed by atoms with Gasteiger partial charge in [-0.25, -0.2) is 4.98 Å². The Bertz CT molecular complexity index is 592. The Kier molecular flexibility index (Phi) is 5.09. The lowest BCUT2D eigenvalue weighted by atomic mass is 10.0. The second-order valence-electron chi connectivity index (χ2n) is 5.13. The average molecular weight is 291 g/mol. The van der Waals surface area contributed by atoms with Gasteiger partial charge in [0.1, 0.15) is 0 Å². The van der Waals surface area contributed by atoms with Gasteiger partial charge < -0.3 is 11.1 Å². The zero-order valence-corrected chi connectivity index (χ0v) is 12.8. The Morgan fingerprint density at radius 2 is 2.25 bits per heavy atom. The van der Waals surface area contributed by atoms with E-state index in [4.69, 9.17) is 5.73 Å². The largest absolute Gasteiger partial charge is 0.355 e. The molecule has 0 spiro atoms. The third kappa shape index (κ3) is 3.77. The van der Waals surface area contributed by atoms with E-state index >= 15 is 0 Å². The smallest absolute Gasteiger partial charge is 0.220 e. The number of hydrogen-bond donors (Lipinski definition) is 2. The number of carbonyl (C=O) groups is 1. The van der Waals surface area contributed by atoms with Crippen LogP contribution >= 0.6 is 11.3 Å². The maximum atomic E-state index is 11.5. The first kappa shape index (κ1) is 14.9. The van der Waals surface area contributed by atoms with Crippen molar-refractivity contribution in [2.24, 2.45) is 5.73 Å². The minimum Gasteiger partial charge on any atom is -0.355 e. The van der Waals surface area contributed by atoms with E-state index in [0.29, 0.717) is 31.8 Å². The molecule has 2 rings (SSSR count). The van der Waals surface area contributed by atoms with Crippen molar-refractivity contribution in [3.8, 4) is 0 Å². The predicted molar refractivity (Wildman–Crippen MR) is 84.1 cm³/mol. The number of hydrogen-bond acceptors (Lipinski definition) is 4. The molecule has 5 heteroatoms. The van der Waals surface area contributed by atoms with Gasteiger partial charge in [-0.05, 0) is 23.6 Å². The minimum absolute atomic E-state index is 0.0394. The summed E-state index contributed by atoms with van der Waals surface area (Å²) >= 11 is 1.68. The summed E-state index contributed by atoms with van der Waals surface area (Å²) in [6.45, 7) is 5.39. The van der Waals surface area contributed by atoms with Crippen LogP contribution in [0.3, 0.4) is 0 Å². The number of nitrogens with one attached hydrogen (secondary N) is 1. The number of aryl methyl sites for hydroxylation is 1. The normalized spacial score (nSPS) is 11.2. The van der Waals surface area contributed by atoms with Crippen LogP contribution in [0.4, 0.5) is 0 Å². The van der Waals surface area contributed by atoms with Gasteiger partial charge in [0.2, 0.25) is 5.91 Å². The molecule has 0 saturated carbocycles. The highest BCUT2D eigenvalue weighted by Gasteiger charge is 2.08. The second kappa shape index (κ2) is 6.81. The molecule has 1 aromatic carbocycles. The molecule has 20 heavy (non-hydrogen) atoms. The lowest BCUT2D eigenvalue weighted by Crippen LogP contribution is -2.29. The molecule has 0 unspecified atom stereocenters. The average Bonchev–Trinajstić information content (AvgIpc) is 2.84. The molecule has 0 aliphatic carbocycles. The van der Waals surface area contributed by atoms with Crippen LogP contribution in [-0.4, -0.2) is 24.0 Å². The van der Waals surface area contributed by atoms with Crippen LogP contribution in [0.15, 0.2) is 18.2 Å². The maximum Gasteiger partial charge on any atom is 0.220 e. The van der Waals surface area contributed by atoms with Crippen molar-refractivity contribution >= 4 is 27.5 Å². The number of rotatable bonds is 6. The minimum atomic E-state index is 0.0394. The maximum absolute atomic E-state index is 11.5. The molecule has 0 aliphatic heterocycles. The summed E-state index contributed by atoms with van der Waals surface area (Å²) in [5.41, 5.74) is 7.70. The van der Waals surface area contributed by atoms with E-state index in [-0.39, 0.29) is 5.91 Å². The fraction of sp³-hybridized carbons (Fsp3) is 0.467. The van der Waals surface area contributed by atoms with Gasteiger partial charge in [-0.1, -0.05) is 19.9 Å². The molecule has 0 aliphatic rings. The highest BCUT2D eigenvalue weighted by Crippen LogP contribution is 2.26. The zero-order valence-electron chi connectivity index (χ0n) is 12.0. The Labute approximate surface area is 123 Å². The van der Waals surface area contributed by atoms with Crippen molar-refractivity contribution in [2.45, 2.75) is 32.6 Å². The summed E-state index contributed by atoms with van der Waals surface area (Å²) in [5.74, 6) is 0.560. The first-order chi connectivity index (χ1) is 9.60.